The predicted molar refractivity (Wildman–Crippen MR) is 65.7 cm³/mol. The van der Waals surface area contributed by atoms with Gasteiger partial charge in [0.15, 0.2) is 5.16 Å². The number of methoxy groups -OCH3 is 1. The van der Waals surface area contributed by atoms with Gasteiger partial charge in [-0.3, -0.25) is 0 Å². The minimum atomic E-state index is 0.269. The summed E-state index contributed by atoms with van der Waals surface area (Å²) in [6.45, 7) is 2.69. The van der Waals surface area contributed by atoms with E-state index in [4.69, 9.17) is 4.74 Å². The van der Waals surface area contributed by atoms with Gasteiger partial charge in [-0.2, -0.15) is 20.1 Å². The molecule has 1 N–H and O–H groups in total. The Kier molecular flexibility index (Phi) is 3.92. The highest BCUT2D eigenvalue weighted by molar-refractivity contribution is 7.99. The molecule has 0 aliphatic heterocycles. The van der Waals surface area contributed by atoms with Crippen LogP contribution in [0.1, 0.15) is 6.92 Å². The Balaban J connectivity index is 2.26. The topological polar surface area (TPSA) is 90.6 Å². The molecule has 0 saturated heterocycles. The van der Waals surface area contributed by atoms with Gasteiger partial charge in [-0.25, -0.2) is 9.67 Å². The molecule has 9 heteroatoms. The van der Waals surface area contributed by atoms with Crippen molar-refractivity contribution in [3.8, 4) is 6.01 Å². The third-order valence-corrected chi connectivity index (χ3v) is 2.88. The molecular weight excluding hydrogens is 254 g/mol. The quantitative estimate of drug-likeness (QED) is 0.841. The minimum absolute atomic E-state index is 0.269. The van der Waals surface area contributed by atoms with Crippen LogP contribution in [0.25, 0.3) is 0 Å². The maximum Gasteiger partial charge on any atom is 0.321 e. The smallest absolute Gasteiger partial charge is 0.321 e. The van der Waals surface area contributed by atoms with Crippen LogP contribution in [-0.4, -0.2) is 43.4 Å². The molecule has 2 rings (SSSR count). The lowest BCUT2D eigenvalue weighted by Crippen LogP contribution is -2.06. The normalized spacial score (nSPS) is 10.4. The van der Waals surface area contributed by atoms with Crippen molar-refractivity contribution < 1.29 is 4.74 Å². The second kappa shape index (κ2) is 5.63. The van der Waals surface area contributed by atoms with E-state index in [1.165, 1.54) is 25.2 Å². The van der Waals surface area contributed by atoms with Gasteiger partial charge in [0, 0.05) is 13.6 Å². The monoisotopic (exact) mass is 267 g/mol. The molecule has 0 aromatic carbocycles. The number of rotatable bonds is 5. The van der Waals surface area contributed by atoms with E-state index in [2.05, 4.69) is 30.4 Å². The third kappa shape index (κ3) is 2.86. The van der Waals surface area contributed by atoms with Crippen LogP contribution in [0.4, 0.5) is 5.95 Å². The molecule has 0 saturated carbocycles. The SMILES string of the molecule is CCNc1nc(OC)nc(Sc2ncnn2C)n1. The average molecular weight is 267 g/mol. The van der Waals surface area contributed by atoms with Crippen LogP contribution in [0.2, 0.25) is 0 Å². The van der Waals surface area contributed by atoms with E-state index in [-0.39, 0.29) is 6.01 Å². The zero-order chi connectivity index (χ0) is 13.0. The van der Waals surface area contributed by atoms with Crippen LogP contribution >= 0.6 is 11.8 Å². The van der Waals surface area contributed by atoms with E-state index < -0.39 is 0 Å². The van der Waals surface area contributed by atoms with Gasteiger partial charge >= 0.3 is 6.01 Å². The Bertz CT molecular complexity index is 529. The fourth-order valence-corrected chi connectivity index (χ4v) is 1.87. The molecular formula is C9H13N7OS. The van der Waals surface area contributed by atoms with Crippen molar-refractivity contribution in [2.45, 2.75) is 17.2 Å². The van der Waals surface area contributed by atoms with Crippen molar-refractivity contribution >= 4 is 17.7 Å². The molecule has 0 spiro atoms. The second-order valence-electron chi connectivity index (χ2n) is 3.23. The molecule has 8 nitrogen and oxygen atoms in total. The van der Waals surface area contributed by atoms with Crippen LogP contribution in [0.5, 0.6) is 6.01 Å². The van der Waals surface area contributed by atoms with Crippen LogP contribution in [0, 0.1) is 0 Å². The molecule has 0 aliphatic carbocycles. The Hall–Kier alpha value is -1.90. The number of aromatic nitrogens is 6. The highest BCUT2D eigenvalue weighted by atomic mass is 32.2. The maximum absolute atomic E-state index is 5.03. The lowest BCUT2D eigenvalue weighted by atomic mass is 10.7. The van der Waals surface area contributed by atoms with E-state index in [1.807, 2.05) is 6.92 Å². The summed E-state index contributed by atoms with van der Waals surface area (Å²) in [5.41, 5.74) is 0. The zero-order valence-electron chi connectivity index (χ0n) is 10.3. The summed E-state index contributed by atoms with van der Waals surface area (Å²) in [7, 11) is 3.32. The summed E-state index contributed by atoms with van der Waals surface area (Å²) in [6.07, 6.45) is 1.48. The van der Waals surface area contributed by atoms with Crippen LogP contribution in [-0.2, 0) is 7.05 Å². The highest BCUT2D eigenvalue weighted by Crippen LogP contribution is 2.23. The zero-order valence-corrected chi connectivity index (χ0v) is 11.1. The van der Waals surface area contributed by atoms with E-state index in [0.29, 0.717) is 16.3 Å². The molecule has 0 unspecified atom stereocenters. The first-order chi connectivity index (χ1) is 8.72. The van der Waals surface area contributed by atoms with E-state index in [0.717, 1.165) is 6.54 Å². The highest BCUT2D eigenvalue weighted by Gasteiger charge is 2.10. The van der Waals surface area contributed by atoms with Crippen molar-refractivity contribution in [1.82, 2.24) is 29.7 Å². The minimum Gasteiger partial charge on any atom is -0.467 e. The van der Waals surface area contributed by atoms with Crippen molar-refractivity contribution in [3.05, 3.63) is 6.33 Å². The van der Waals surface area contributed by atoms with Gasteiger partial charge in [0.05, 0.1) is 7.11 Å². The number of aryl methyl sites for hydroxylation is 1. The Labute approximate surface area is 108 Å². The van der Waals surface area contributed by atoms with Crippen LogP contribution in [0.3, 0.4) is 0 Å². The Morgan fingerprint density at radius 3 is 2.83 bits per heavy atom. The van der Waals surface area contributed by atoms with Crippen LogP contribution in [0.15, 0.2) is 16.6 Å². The lowest BCUT2D eigenvalue weighted by Gasteiger charge is -2.05. The second-order valence-corrected chi connectivity index (χ2v) is 4.16. The van der Waals surface area contributed by atoms with Gasteiger partial charge in [0.25, 0.3) is 0 Å². The van der Waals surface area contributed by atoms with Gasteiger partial charge < -0.3 is 10.1 Å². The summed E-state index contributed by atoms with van der Waals surface area (Å²) in [5, 5.41) is 8.21. The lowest BCUT2D eigenvalue weighted by molar-refractivity contribution is 0.373. The van der Waals surface area contributed by atoms with Gasteiger partial charge in [0.2, 0.25) is 11.1 Å². The number of nitrogens with one attached hydrogen (secondary N) is 1. The van der Waals surface area contributed by atoms with Gasteiger partial charge in [-0.1, -0.05) is 0 Å². The first-order valence-electron chi connectivity index (χ1n) is 5.28. The van der Waals surface area contributed by atoms with Gasteiger partial charge in [0.1, 0.15) is 6.33 Å². The molecule has 0 bridgehead atoms. The Morgan fingerprint density at radius 2 is 2.22 bits per heavy atom. The summed E-state index contributed by atoms with van der Waals surface area (Å²) in [6, 6.07) is 0.269. The van der Waals surface area contributed by atoms with Crippen molar-refractivity contribution in [1.29, 1.82) is 0 Å². The fourth-order valence-electron chi connectivity index (χ4n) is 1.17. The number of ether oxygens (including phenoxy) is 1. The molecule has 0 amide bonds. The largest absolute Gasteiger partial charge is 0.467 e. The summed E-state index contributed by atoms with van der Waals surface area (Å²) in [4.78, 5) is 16.6. The van der Waals surface area contributed by atoms with Gasteiger partial charge in [-0.05, 0) is 18.7 Å². The average Bonchev–Trinajstić information content (AvgIpc) is 2.75. The third-order valence-electron chi connectivity index (χ3n) is 1.96. The molecule has 2 heterocycles. The molecule has 0 fully saturated rings. The van der Waals surface area contributed by atoms with Crippen molar-refractivity contribution in [2.75, 3.05) is 19.0 Å². The molecule has 0 atom stereocenters. The summed E-state index contributed by atoms with van der Waals surface area (Å²) >= 11 is 1.30. The number of hydrogen-bond acceptors (Lipinski definition) is 8. The first-order valence-corrected chi connectivity index (χ1v) is 6.10. The van der Waals surface area contributed by atoms with Crippen molar-refractivity contribution in [2.24, 2.45) is 7.05 Å². The fraction of sp³-hybridized carbons (Fsp3) is 0.444. The van der Waals surface area contributed by atoms with E-state index >= 15 is 0 Å². The van der Waals surface area contributed by atoms with E-state index in [9.17, 15) is 0 Å². The first kappa shape index (κ1) is 12.6. The predicted octanol–water partition coefficient (Wildman–Crippen LogP) is 0.592. The van der Waals surface area contributed by atoms with Crippen LogP contribution < -0.4 is 10.1 Å². The molecule has 96 valence electrons. The number of nitrogens with zero attached hydrogens (tertiary/aromatic N) is 6. The molecule has 18 heavy (non-hydrogen) atoms. The molecule has 0 aliphatic rings. The molecule has 2 aromatic rings. The standard InChI is InChI=1S/C9H13N7OS/c1-4-10-6-13-7(17-3)15-8(14-6)18-9-11-5-12-16(9)2/h5H,4H2,1-3H3,(H,10,13,14,15). The van der Waals surface area contributed by atoms with E-state index in [1.54, 1.807) is 11.7 Å². The van der Waals surface area contributed by atoms with Crippen molar-refractivity contribution in [3.63, 3.8) is 0 Å². The summed E-state index contributed by atoms with van der Waals surface area (Å²) in [5.74, 6) is 0.481. The molecule has 2 aromatic heterocycles. The number of anilines is 1. The van der Waals surface area contributed by atoms with Gasteiger partial charge in [-0.15, -0.1) is 0 Å². The number of hydrogen-bond donors (Lipinski definition) is 1. The molecule has 0 radical (unpaired) electrons. The summed E-state index contributed by atoms with van der Waals surface area (Å²) < 4.78 is 6.68. The maximum atomic E-state index is 5.03. The Morgan fingerprint density at radius 1 is 1.39 bits per heavy atom.